The average Bonchev–Trinajstić information content (AvgIpc) is 3.35. The molecular formula is C21H19N3O7. The highest BCUT2D eigenvalue weighted by Gasteiger charge is 2.18. The molecule has 1 heterocycles. The van der Waals surface area contributed by atoms with Gasteiger partial charge in [0.15, 0.2) is 17.3 Å². The number of methoxy groups -OCH3 is 3. The number of azo groups is 1. The van der Waals surface area contributed by atoms with Gasteiger partial charge in [0.05, 0.1) is 44.5 Å². The minimum atomic E-state index is -0.660. The van der Waals surface area contributed by atoms with Crippen LogP contribution in [0.2, 0.25) is 0 Å². The second kappa shape index (κ2) is 9.92. The number of ether oxygens (including phenoxy) is 3. The Morgan fingerprint density at radius 2 is 1.61 bits per heavy atom. The Morgan fingerprint density at radius 3 is 2.16 bits per heavy atom. The van der Waals surface area contributed by atoms with Crippen LogP contribution in [0.3, 0.4) is 0 Å². The van der Waals surface area contributed by atoms with E-state index in [2.05, 4.69) is 15.7 Å². The van der Waals surface area contributed by atoms with Crippen molar-refractivity contribution in [2.75, 3.05) is 26.8 Å². The number of carbonyl (C=O) groups is 2. The van der Waals surface area contributed by atoms with E-state index in [4.69, 9.17) is 23.5 Å². The van der Waals surface area contributed by atoms with E-state index in [1.165, 1.54) is 45.8 Å². The van der Waals surface area contributed by atoms with E-state index in [1.54, 1.807) is 30.3 Å². The third kappa shape index (κ3) is 5.18. The standard InChI is InChI=1S/C21H19N3O7/c1-27-17-11-13(12-18(28-2)19(17)29-3)21(26)31-24-15-8-6-14(7-9-15)22-23-20(25)16-5-4-10-30-16/h4-12,24H,1-3H3. The lowest BCUT2D eigenvalue weighted by molar-refractivity contribution is 0.0595. The van der Waals surface area contributed by atoms with Gasteiger partial charge in [0.1, 0.15) is 0 Å². The molecule has 0 aliphatic carbocycles. The molecule has 2 aromatic carbocycles. The fourth-order valence-electron chi connectivity index (χ4n) is 2.51. The predicted octanol–water partition coefficient (Wildman–Crippen LogP) is 4.41. The molecule has 0 atom stereocenters. The molecular weight excluding hydrogens is 406 g/mol. The van der Waals surface area contributed by atoms with Crippen LogP contribution in [0.4, 0.5) is 11.4 Å². The van der Waals surface area contributed by atoms with Crippen molar-refractivity contribution in [3.05, 3.63) is 66.1 Å². The molecule has 0 unspecified atom stereocenters. The van der Waals surface area contributed by atoms with Gasteiger partial charge in [-0.25, -0.2) is 10.3 Å². The smallest absolute Gasteiger partial charge is 0.363 e. The Morgan fingerprint density at radius 1 is 0.935 bits per heavy atom. The van der Waals surface area contributed by atoms with Gasteiger partial charge in [0, 0.05) is 0 Å². The first kappa shape index (κ1) is 21.4. The summed E-state index contributed by atoms with van der Waals surface area (Å²) in [5.74, 6) is -0.135. The minimum absolute atomic E-state index is 0.0979. The first-order valence-corrected chi connectivity index (χ1v) is 8.92. The van der Waals surface area contributed by atoms with Gasteiger partial charge < -0.3 is 23.5 Å². The monoisotopic (exact) mass is 425 g/mol. The number of benzene rings is 2. The van der Waals surface area contributed by atoms with Crippen LogP contribution in [0.15, 0.2) is 69.4 Å². The molecule has 3 aromatic rings. The van der Waals surface area contributed by atoms with Crippen LogP contribution >= 0.6 is 0 Å². The summed E-state index contributed by atoms with van der Waals surface area (Å²) < 4.78 is 20.6. The topological polar surface area (TPSA) is 121 Å². The van der Waals surface area contributed by atoms with E-state index >= 15 is 0 Å². The number of amides is 1. The number of hydrogen-bond acceptors (Lipinski definition) is 9. The summed E-state index contributed by atoms with van der Waals surface area (Å²) in [5.41, 5.74) is 3.66. The molecule has 0 radical (unpaired) electrons. The summed E-state index contributed by atoms with van der Waals surface area (Å²) in [6.07, 6.45) is 1.38. The number of anilines is 1. The van der Waals surface area contributed by atoms with Gasteiger partial charge in [-0.15, -0.1) is 10.2 Å². The maximum atomic E-state index is 12.4. The van der Waals surface area contributed by atoms with E-state index < -0.39 is 11.9 Å². The molecule has 0 saturated carbocycles. The quantitative estimate of drug-likeness (QED) is 0.416. The number of nitrogens with one attached hydrogen (secondary N) is 1. The van der Waals surface area contributed by atoms with E-state index in [0.29, 0.717) is 28.6 Å². The first-order chi connectivity index (χ1) is 15.0. The largest absolute Gasteiger partial charge is 0.493 e. The molecule has 0 aliphatic heterocycles. The number of furan rings is 1. The zero-order valence-corrected chi connectivity index (χ0v) is 16.9. The number of carbonyl (C=O) groups excluding carboxylic acids is 2. The summed E-state index contributed by atoms with van der Waals surface area (Å²) >= 11 is 0. The fraction of sp³-hybridized carbons (Fsp3) is 0.143. The molecule has 3 rings (SSSR count). The van der Waals surface area contributed by atoms with Crippen LogP contribution < -0.4 is 19.7 Å². The molecule has 0 saturated heterocycles. The predicted molar refractivity (Wildman–Crippen MR) is 109 cm³/mol. The Hall–Kier alpha value is -4.34. The number of nitrogens with zero attached hydrogens (tertiary/aromatic N) is 2. The van der Waals surface area contributed by atoms with Gasteiger partial charge in [-0.3, -0.25) is 4.79 Å². The van der Waals surface area contributed by atoms with Crippen LogP contribution in [0.1, 0.15) is 20.9 Å². The number of hydrogen-bond donors (Lipinski definition) is 1. The average molecular weight is 425 g/mol. The highest BCUT2D eigenvalue weighted by atomic mass is 16.7. The fourth-order valence-corrected chi connectivity index (χ4v) is 2.51. The molecule has 0 bridgehead atoms. The Bertz CT molecular complexity index is 1050. The molecule has 160 valence electrons. The Kier molecular flexibility index (Phi) is 6.84. The van der Waals surface area contributed by atoms with Gasteiger partial charge >= 0.3 is 11.9 Å². The zero-order valence-electron chi connectivity index (χ0n) is 16.9. The van der Waals surface area contributed by atoms with Crippen molar-refractivity contribution in [2.24, 2.45) is 10.2 Å². The van der Waals surface area contributed by atoms with E-state index in [-0.39, 0.29) is 11.3 Å². The normalized spacial score (nSPS) is 10.5. The van der Waals surface area contributed by atoms with Crippen LogP contribution in [0.25, 0.3) is 0 Å². The van der Waals surface area contributed by atoms with Gasteiger partial charge in [-0.1, -0.05) is 0 Å². The van der Waals surface area contributed by atoms with Gasteiger partial charge in [0.25, 0.3) is 0 Å². The maximum absolute atomic E-state index is 12.4. The van der Waals surface area contributed by atoms with Crippen molar-refractivity contribution in [3.8, 4) is 17.2 Å². The molecule has 0 spiro atoms. The maximum Gasteiger partial charge on any atom is 0.363 e. The van der Waals surface area contributed by atoms with Crippen molar-refractivity contribution in [1.29, 1.82) is 0 Å². The van der Waals surface area contributed by atoms with Crippen molar-refractivity contribution in [1.82, 2.24) is 0 Å². The van der Waals surface area contributed by atoms with Crippen LogP contribution in [0, 0.1) is 0 Å². The molecule has 31 heavy (non-hydrogen) atoms. The summed E-state index contributed by atoms with van der Waals surface area (Å²) in [7, 11) is 4.37. The molecule has 1 N–H and O–H groups in total. The molecule has 10 heteroatoms. The Balaban J connectivity index is 1.62. The summed E-state index contributed by atoms with van der Waals surface area (Å²) in [5, 5.41) is 7.42. The molecule has 0 aliphatic rings. The highest BCUT2D eigenvalue weighted by Crippen LogP contribution is 2.38. The van der Waals surface area contributed by atoms with E-state index in [1.807, 2.05) is 0 Å². The first-order valence-electron chi connectivity index (χ1n) is 8.92. The van der Waals surface area contributed by atoms with Crippen LogP contribution in [-0.4, -0.2) is 33.2 Å². The molecule has 1 amide bonds. The Labute approximate surface area is 177 Å². The second-order valence-corrected chi connectivity index (χ2v) is 5.93. The van der Waals surface area contributed by atoms with Crippen molar-refractivity contribution >= 4 is 23.3 Å². The zero-order chi connectivity index (χ0) is 22.2. The SMILES string of the molecule is COc1cc(C(=O)ONc2ccc(N=NC(=O)c3ccco3)cc2)cc(OC)c1OC. The van der Waals surface area contributed by atoms with E-state index in [0.717, 1.165) is 0 Å². The lowest BCUT2D eigenvalue weighted by atomic mass is 10.2. The highest BCUT2D eigenvalue weighted by molar-refractivity contribution is 5.92. The molecule has 0 fully saturated rings. The van der Waals surface area contributed by atoms with Crippen molar-refractivity contribution < 1.29 is 33.1 Å². The van der Waals surface area contributed by atoms with Gasteiger partial charge in [-0.2, -0.15) is 0 Å². The molecule has 10 nitrogen and oxygen atoms in total. The summed E-state index contributed by atoms with van der Waals surface area (Å²) in [6.45, 7) is 0. The van der Waals surface area contributed by atoms with E-state index in [9.17, 15) is 9.59 Å². The summed E-state index contributed by atoms with van der Waals surface area (Å²) in [6, 6.07) is 12.4. The lowest BCUT2D eigenvalue weighted by Crippen LogP contribution is -2.11. The van der Waals surface area contributed by atoms with Crippen LogP contribution in [0.5, 0.6) is 17.2 Å². The van der Waals surface area contributed by atoms with Crippen molar-refractivity contribution in [2.45, 2.75) is 0 Å². The summed E-state index contributed by atoms with van der Waals surface area (Å²) in [4.78, 5) is 29.2. The third-order valence-corrected chi connectivity index (χ3v) is 4.02. The lowest BCUT2D eigenvalue weighted by Gasteiger charge is -2.14. The molecule has 1 aromatic heterocycles. The van der Waals surface area contributed by atoms with Gasteiger partial charge in [0.2, 0.25) is 5.75 Å². The van der Waals surface area contributed by atoms with Gasteiger partial charge in [-0.05, 0) is 48.5 Å². The second-order valence-electron chi connectivity index (χ2n) is 5.93. The minimum Gasteiger partial charge on any atom is -0.493 e. The number of rotatable bonds is 8. The third-order valence-electron chi connectivity index (χ3n) is 4.02. The van der Waals surface area contributed by atoms with Crippen LogP contribution in [-0.2, 0) is 4.84 Å². The van der Waals surface area contributed by atoms with Crippen molar-refractivity contribution in [3.63, 3.8) is 0 Å².